The Kier molecular flexibility index (Phi) is 3.62. The molecule has 0 bridgehead atoms. The highest BCUT2D eigenvalue weighted by atomic mass is 16.7. The highest BCUT2D eigenvalue weighted by molar-refractivity contribution is 5.04. The third-order valence-corrected chi connectivity index (χ3v) is 4.20. The predicted molar refractivity (Wildman–Crippen MR) is 69.2 cm³/mol. The number of nitrogens with zero attached hydrogens (tertiary/aromatic N) is 1. The fourth-order valence-corrected chi connectivity index (χ4v) is 3.27. The lowest BCUT2D eigenvalue weighted by Crippen LogP contribution is -2.42. The van der Waals surface area contributed by atoms with E-state index in [2.05, 4.69) is 17.1 Å². The highest BCUT2D eigenvalue weighted by Crippen LogP contribution is 2.42. The lowest BCUT2D eigenvalue weighted by molar-refractivity contribution is -0.213. The Morgan fingerprint density at radius 3 is 2.89 bits per heavy atom. The van der Waals surface area contributed by atoms with Gasteiger partial charge in [0.25, 0.3) is 0 Å². The maximum atomic E-state index is 5.94. The van der Waals surface area contributed by atoms with Gasteiger partial charge in [-0.15, -0.1) is 0 Å². The highest BCUT2D eigenvalue weighted by Gasteiger charge is 2.45. The molecule has 0 N–H and O–H groups in total. The first-order valence-corrected chi connectivity index (χ1v) is 7.07. The van der Waals surface area contributed by atoms with Gasteiger partial charge < -0.3 is 9.47 Å². The van der Waals surface area contributed by atoms with Gasteiger partial charge in [0.05, 0.1) is 13.2 Å². The molecule has 3 rings (SSSR count). The fourth-order valence-electron chi connectivity index (χ4n) is 3.27. The summed E-state index contributed by atoms with van der Waals surface area (Å²) in [7, 11) is 0. The minimum Gasteiger partial charge on any atom is -0.347 e. The van der Waals surface area contributed by atoms with Gasteiger partial charge in [-0.1, -0.05) is 12.5 Å². The monoisotopic (exact) mass is 247 g/mol. The summed E-state index contributed by atoms with van der Waals surface area (Å²) in [6, 6.07) is 6.13. The molecule has 0 radical (unpaired) electrons. The molecule has 1 aliphatic carbocycles. The molecule has 2 heterocycles. The summed E-state index contributed by atoms with van der Waals surface area (Å²) >= 11 is 0. The molecule has 1 saturated carbocycles. The summed E-state index contributed by atoms with van der Waals surface area (Å²) in [4.78, 5) is 4.40. The SMILES string of the molecule is c1ccc(CCC2CCCCC23OCCO3)nc1. The molecule has 1 atom stereocenters. The summed E-state index contributed by atoms with van der Waals surface area (Å²) in [6.07, 6.45) is 8.86. The van der Waals surface area contributed by atoms with E-state index in [0.717, 1.165) is 32.5 Å². The minimum atomic E-state index is -0.257. The lowest BCUT2D eigenvalue weighted by atomic mass is 9.80. The van der Waals surface area contributed by atoms with Crippen LogP contribution in [0.1, 0.15) is 37.8 Å². The molecule has 1 aromatic heterocycles. The summed E-state index contributed by atoms with van der Waals surface area (Å²) in [6.45, 7) is 1.53. The summed E-state index contributed by atoms with van der Waals surface area (Å²) in [5.74, 6) is 0.281. The van der Waals surface area contributed by atoms with E-state index in [1.165, 1.54) is 25.0 Å². The molecule has 1 aliphatic heterocycles. The van der Waals surface area contributed by atoms with Crippen molar-refractivity contribution in [3.8, 4) is 0 Å². The fraction of sp³-hybridized carbons (Fsp3) is 0.667. The topological polar surface area (TPSA) is 31.4 Å². The Labute approximate surface area is 109 Å². The molecule has 18 heavy (non-hydrogen) atoms. The Bertz CT molecular complexity index is 373. The minimum absolute atomic E-state index is 0.257. The Hall–Kier alpha value is -0.930. The third-order valence-electron chi connectivity index (χ3n) is 4.20. The Morgan fingerprint density at radius 2 is 2.11 bits per heavy atom. The summed E-state index contributed by atoms with van der Waals surface area (Å²) in [5, 5.41) is 0. The van der Waals surface area contributed by atoms with Gasteiger partial charge in [-0.05, 0) is 37.8 Å². The van der Waals surface area contributed by atoms with Crippen molar-refractivity contribution in [1.82, 2.24) is 4.98 Å². The van der Waals surface area contributed by atoms with Crippen LogP contribution in [-0.4, -0.2) is 24.0 Å². The molecule has 1 saturated heterocycles. The maximum Gasteiger partial charge on any atom is 0.171 e. The molecule has 2 fully saturated rings. The standard InChI is InChI=1S/C15H21NO2/c1-3-9-15(17-11-12-18-15)13(5-1)7-8-14-6-2-4-10-16-14/h2,4,6,10,13H,1,3,5,7-9,11-12H2. The molecule has 1 aromatic rings. The third kappa shape index (κ3) is 2.43. The maximum absolute atomic E-state index is 5.94. The van der Waals surface area contributed by atoms with Crippen LogP contribution in [0.3, 0.4) is 0 Å². The van der Waals surface area contributed by atoms with Crippen LogP contribution < -0.4 is 0 Å². The molecule has 1 spiro atoms. The first kappa shape index (κ1) is 12.1. The number of rotatable bonds is 3. The van der Waals surface area contributed by atoms with Crippen LogP contribution in [-0.2, 0) is 15.9 Å². The summed E-state index contributed by atoms with van der Waals surface area (Å²) in [5.41, 5.74) is 1.18. The second-order valence-corrected chi connectivity index (χ2v) is 5.31. The molecule has 2 aliphatic rings. The van der Waals surface area contributed by atoms with Gasteiger partial charge in [-0.25, -0.2) is 0 Å². The van der Waals surface area contributed by atoms with E-state index in [4.69, 9.17) is 9.47 Å². The van der Waals surface area contributed by atoms with Crippen molar-refractivity contribution in [2.75, 3.05) is 13.2 Å². The van der Waals surface area contributed by atoms with Crippen molar-refractivity contribution in [3.63, 3.8) is 0 Å². The van der Waals surface area contributed by atoms with E-state index in [-0.39, 0.29) is 5.79 Å². The molecular formula is C15H21NO2. The molecule has 0 amide bonds. The van der Waals surface area contributed by atoms with Crippen LogP contribution in [0.5, 0.6) is 0 Å². The Morgan fingerprint density at radius 1 is 1.22 bits per heavy atom. The van der Waals surface area contributed by atoms with E-state index >= 15 is 0 Å². The van der Waals surface area contributed by atoms with Gasteiger partial charge in [0, 0.05) is 24.2 Å². The second kappa shape index (κ2) is 5.37. The number of aryl methyl sites for hydroxylation is 1. The molecule has 1 unspecified atom stereocenters. The summed E-state index contributed by atoms with van der Waals surface area (Å²) < 4.78 is 11.9. The van der Waals surface area contributed by atoms with Gasteiger partial charge in [0.1, 0.15) is 0 Å². The van der Waals surface area contributed by atoms with Crippen molar-refractivity contribution in [2.45, 2.75) is 44.3 Å². The number of aromatic nitrogens is 1. The quantitative estimate of drug-likeness (QED) is 0.823. The molecule has 3 nitrogen and oxygen atoms in total. The van der Waals surface area contributed by atoms with Crippen molar-refractivity contribution in [1.29, 1.82) is 0 Å². The van der Waals surface area contributed by atoms with Crippen LogP contribution >= 0.6 is 0 Å². The van der Waals surface area contributed by atoms with Crippen molar-refractivity contribution in [2.24, 2.45) is 5.92 Å². The molecule has 98 valence electrons. The van der Waals surface area contributed by atoms with E-state index in [1.54, 1.807) is 0 Å². The number of ether oxygens (including phenoxy) is 2. The number of hydrogen-bond acceptors (Lipinski definition) is 3. The first-order valence-electron chi connectivity index (χ1n) is 7.07. The molecule has 0 aromatic carbocycles. The van der Waals surface area contributed by atoms with Gasteiger partial charge >= 0.3 is 0 Å². The van der Waals surface area contributed by atoms with Gasteiger partial charge in [-0.2, -0.15) is 0 Å². The average Bonchev–Trinajstić information content (AvgIpc) is 2.88. The zero-order valence-electron chi connectivity index (χ0n) is 10.8. The van der Waals surface area contributed by atoms with E-state index in [1.807, 2.05) is 12.3 Å². The zero-order chi connectivity index (χ0) is 12.3. The predicted octanol–water partition coefficient (Wildman–Crippen LogP) is 2.95. The van der Waals surface area contributed by atoms with Crippen LogP contribution in [0.15, 0.2) is 24.4 Å². The molecular weight excluding hydrogens is 226 g/mol. The smallest absolute Gasteiger partial charge is 0.171 e. The normalized spacial score (nSPS) is 26.6. The average molecular weight is 247 g/mol. The zero-order valence-corrected chi connectivity index (χ0v) is 10.8. The van der Waals surface area contributed by atoms with Gasteiger partial charge in [0.15, 0.2) is 5.79 Å². The Balaban J connectivity index is 1.63. The van der Waals surface area contributed by atoms with Crippen molar-refractivity contribution < 1.29 is 9.47 Å². The number of hydrogen-bond donors (Lipinski definition) is 0. The first-order chi connectivity index (χ1) is 8.89. The van der Waals surface area contributed by atoms with Crippen LogP contribution in [0.25, 0.3) is 0 Å². The second-order valence-electron chi connectivity index (χ2n) is 5.31. The largest absolute Gasteiger partial charge is 0.347 e. The van der Waals surface area contributed by atoms with Crippen LogP contribution in [0.4, 0.5) is 0 Å². The van der Waals surface area contributed by atoms with Gasteiger partial charge in [-0.3, -0.25) is 4.98 Å². The van der Waals surface area contributed by atoms with Crippen LogP contribution in [0, 0.1) is 5.92 Å². The van der Waals surface area contributed by atoms with Crippen molar-refractivity contribution in [3.05, 3.63) is 30.1 Å². The molecule has 3 heteroatoms. The van der Waals surface area contributed by atoms with Crippen LogP contribution in [0.2, 0.25) is 0 Å². The lowest BCUT2D eigenvalue weighted by Gasteiger charge is -2.39. The van der Waals surface area contributed by atoms with Crippen molar-refractivity contribution >= 4 is 0 Å². The van der Waals surface area contributed by atoms with E-state index < -0.39 is 0 Å². The van der Waals surface area contributed by atoms with E-state index in [0.29, 0.717) is 5.92 Å². The van der Waals surface area contributed by atoms with Gasteiger partial charge in [0.2, 0.25) is 0 Å². The van der Waals surface area contributed by atoms with E-state index in [9.17, 15) is 0 Å². The number of pyridine rings is 1.